The van der Waals surface area contributed by atoms with Crippen molar-refractivity contribution in [1.29, 1.82) is 0 Å². The molecule has 1 amide bonds. The van der Waals surface area contributed by atoms with Gasteiger partial charge < -0.3 is 18.9 Å². The Hall–Kier alpha value is -2.25. The SMILES string of the molecule is C[S+]([O-])Cc1ccc(-c2ccc3c(c2)CCC2(CCN(C(=O)OC(C)(C)C)CC2)O3)nc1. The molecular formula is C25H32N2O4S. The van der Waals surface area contributed by atoms with Gasteiger partial charge in [-0.25, -0.2) is 4.79 Å². The van der Waals surface area contributed by atoms with E-state index in [-0.39, 0.29) is 11.7 Å². The Morgan fingerprint density at radius 1 is 1.22 bits per heavy atom. The van der Waals surface area contributed by atoms with Crippen LogP contribution in [0.1, 0.15) is 51.2 Å². The summed E-state index contributed by atoms with van der Waals surface area (Å²) in [5, 5.41) is 0. The fourth-order valence-electron chi connectivity index (χ4n) is 4.37. The molecule has 2 aromatic rings. The number of piperidine rings is 1. The molecule has 1 saturated heterocycles. The average molecular weight is 457 g/mol. The van der Waals surface area contributed by atoms with Crippen molar-refractivity contribution in [3.8, 4) is 17.0 Å². The predicted octanol–water partition coefficient (Wildman–Crippen LogP) is 4.72. The highest BCUT2D eigenvalue weighted by atomic mass is 32.2. The lowest BCUT2D eigenvalue weighted by Crippen LogP contribution is -2.52. The molecule has 0 bridgehead atoms. The number of benzene rings is 1. The zero-order valence-electron chi connectivity index (χ0n) is 19.3. The Labute approximate surface area is 193 Å². The van der Waals surface area contributed by atoms with Crippen LogP contribution in [0.15, 0.2) is 36.5 Å². The lowest BCUT2D eigenvalue weighted by Gasteiger charge is -2.44. The van der Waals surface area contributed by atoms with Crippen LogP contribution in [-0.4, -0.2) is 51.1 Å². The molecule has 0 N–H and O–H groups in total. The van der Waals surface area contributed by atoms with Gasteiger partial charge in [-0.1, -0.05) is 17.2 Å². The first-order valence-electron chi connectivity index (χ1n) is 11.2. The van der Waals surface area contributed by atoms with Crippen molar-refractivity contribution in [3.05, 3.63) is 47.7 Å². The maximum absolute atomic E-state index is 12.4. The van der Waals surface area contributed by atoms with Gasteiger partial charge in [-0.05, 0) is 63.4 Å². The molecule has 0 saturated carbocycles. The lowest BCUT2D eigenvalue weighted by atomic mass is 9.83. The molecule has 2 aliphatic heterocycles. The van der Waals surface area contributed by atoms with Crippen molar-refractivity contribution in [2.75, 3.05) is 19.3 Å². The van der Waals surface area contributed by atoms with Gasteiger partial charge in [0.2, 0.25) is 0 Å². The molecule has 1 aromatic heterocycles. The number of pyridine rings is 1. The minimum atomic E-state index is -0.870. The molecular weight excluding hydrogens is 424 g/mol. The van der Waals surface area contributed by atoms with E-state index in [4.69, 9.17) is 9.47 Å². The number of hydrogen-bond acceptors (Lipinski definition) is 5. The third-order valence-electron chi connectivity index (χ3n) is 6.05. The van der Waals surface area contributed by atoms with Gasteiger partial charge in [-0.15, -0.1) is 0 Å². The number of aryl methyl sites for hydroxylation is 1. The van der Waals surface area contributed by atoms with Gasteiger partial charge in [-0.3, -0.25) is 4.98 Å². The summed E-state index contributed by atoms with van der Waals surface area (Å²) in [6.07, 6.45) is 6.79. The number of rotatable bonds is 3. The molecule has 0 aliphatic carbocycles. The predicted molar refractivity (Wildman–Crippen MR) is 126 cm³/mol. The summed E-state index contributed by atoms with van der Waals surface area (Å²) in [5.74, 6) is 1.46. The van der Waals surface area contributed by atoms with Crippen LogP contribution >= 0.6 is 0 Å². The second-order valence-electron chi connectivity index (χ2n) is 9.84. The number of carbonyl (C=O) groups excluding carboxylic acids is 1. The van der Waals surface area contributed by atoms with Crippen molar-refractivity contribution in [2.45, 2.75) is 63.4 Å². The van der Waals surface area contributed by atoms with Gasteiger partial charge >= 0.3 is 6.09 Å². The summed E-state index contributed by atoms with van der Waals surface area (Å²) >= 11 is -0.870. The van der Waals surface area contributed by atoms with Crippen molar-refractivity contribution >= 4 is 17.3 Å². The highest BCUT2D eigenvalue weighted by Gasteiger charge is 2.41. The zero-order valence-corrected chi connectivity index (χ0v) is 20.2. The Bertz CT molecular complexity index is 961. The molecule has 1 spiro atoms. The fourth-order valence-corrected chi connectivity index (χ4v) is 5.01. The van der Waals surface area contributed by atoms with Gasteiger partial charge in [0.15, 0.2) is 0 Å². The molecule has 1 aromatic carbocycles. The topological polar surface area (TPSA) is 74.7 Å². The van der Waals surface area contributed by atoms with E-state index in [1.165, 1.54) is 5.56 Å². The minimum Gasteiger partial charge on any atom is -0.616 e. The number of ether oxygens (including phenoxy) is 2. The van der Waals surface area contributed by atoms with Crippen molar-refractivity contribution in [1.82, 2.24) is 9.88 Å². The Morgan fingerprint density at radius 2 is 1.97 bits per heavy atom. The van der Waals surface area contributed by atoms with Gasteiger partial charge in [-0.2, -0.15) is 0 Å². The number of likely N-dealkylation sites (tertiary alicyclic amines) is 1. The quantitative estimate of drug-likeness (QED) is 0.625. The third kappa shape index (κ3) is 5.38. The third-order valence-corrected chi connectivity index (χ3v) is 6.79. The summed E-state index contributed by atoms with van der Waals surface area (Å²) < 4.78 is 23.4. The normalized spacial score (nSPS) is 18.6. The van der Waals surface area contributed by atoms with E-state index in [9.17, 15) is 9.35 Å². The maximum Gasteiger partial charge on any atom is 0.410 e. The van der Waals surface area contributed by atoms with E-state index in [1.54, 1.807) is 17.4 Å². The number of hydrogen-bond donors (Lipinski definition) is 0. The lowest BCUT2D eigenvalue weighted by molar-refractivity contribution is -0.0272. The first-order valence-corrected chi connectivity index (χ1v) is 12.9. The van der Waals surface area contributed by atoms with Crippen LogP contribution in [0.2, 0.25) is 0 Å². The molecule has 1 fully saturated rings. The molecule has 1 atom stereocenters. The smallest absolute Gasteiger partial charge is 0.410 e. The van der Waals surface area contributed by atoms with E-state index in [2.05, 4.69) is 11.1 Å². The number of aromatic nitrogens is 1. The summed E-state index contributed by atoms with van der Waals surface area (Å²) in [6, 6.07) is 10.2. The van der Waals surface area contributed by atoms with Crippen molar-refractivity contribution < 1.29 is 18.8 Å². The Balaban J connectivity index is 1.41. The average Bonchev–Trinajstić information content (AvgIpc) is 2.73. The number of fused-ring (bicyclic) bond motifs is 1. The molecule has 1 unspecified atom stereocenters. The minimum absolute atomic E-state index is 0.206. The second kappa shape index (κ2) is 8.94. The summed E-state index contributed by atoms with van der Waals surface area (Å²) in [7, 11) is 0. The number of nitrogens with zero attached hydrogens (tertiary/aromatic N) is 2. The van der Waals surface area contributed by atoms with Gasteiger partial charge in [0.25, 0.3) is 0 Å². The second-order valence-corrected chi connectivity index (χ2v) is 11.3. The van der Waals surface area contributed by atoms with Crippen LogP contribution in [0, 0.1) is 0 Å². The molecule has 7 heteroatoms. The molecule has 3 heterocycles. The van der Waals surface area contributed by atoms with E-state index < -0.39 is 16.8 Å². The molecule has 4 rings (SSSR count). The van der Waals surface area contributed by atoms with Crippen molar-refractivity contribution in [2.24, 2.45) is 0 Å². The van der Waals surface area contributed by atoms with Crippen LogP contribution in [0.4, 0.5) is 4.79 Å². The van der Waals surface area contributed by atoms with E-state index in [0.717, 1.165) is 48.3 Å². The van der Waals surface area contributed by atoms with Gasteiger partial charge in [0, 0.05) is 43.3 Å². The van der Waals surface area contributed by atoms with Crippen molar-refractivity contribution in [3.63, 3.8) is 0 Å². The first kappa shape index (κ1) is 22.9. The molecule has 2 aliphatic rings. The highest BCUT2D eigenvalue weighted by molar-refractivity contribution is 7.89. The van der Waals surface area contributed by atoms with E-state index >= 15 is 0 Å². The fraction of sp³-hybridized carbons (Fsp3) is 0.520. The summed E-state index contributed by atoms with van der Waals surface area (Å²) in [5.41, 5.74) is 3.46. The van der Waals surface area contributed by atoms with Crippen LogP contribution < -0.4 is 4.74 Å². The van der Waals surface area contributed by atoms with E-state index in [0.29, 0.717) is 18.8 Å². The highest BCUT2D eigenvalue weighted by Crippen LogP contribution is 2.40. The first-order chi connectivity index (χ1) is 15.1. The molecule has 0 radical (unpaired) electrons. The number of amides is 1. The van der Waals surface area contributed by atoms with Gasteiger partial charge in [0.05, 0.1) is 11.9 Å². The van der Waals surface area contributed by atoms with Crippen LogP contribution in [0.25, 0.3) is 11.3 Å². The summed E-state index contributed by atoms with van der Waals surface area (Å²) in [6.45, 7) is 6.98. The van der Waals surface area contributed by atoms with Crippen LogP contribution in [-0.2, 0) is 28.1 Å². The number of carbonyl (C=O) groups is 1. The summed E-state index contributed by atoms with van der Waals surface area (Å²) in [4.78, 5) is 18.7. The van der Waals surface area contributed by atoms with E-state index in [1.807, 2.05) is 45.0 Å². The monoisotopic (exact) mass is 456 g/mol. The molecule has 172 valence electrons. The Kier molecular flexibility index (Phi) is 6.41. The zero-order chi connectivity index (χ0) is 22.9. The standard InChI is InChI=1S/C25H32N2O4S/c1-24(2,3)31-23(28)27-13-11-25(12-14-27)10-9-20-15-19(6-8-22(20)30-25)21-7-5-18(16-26-21)17-32(4)29/h5-8,15-16H,9-14,17H2,1-4H3. The van der Waals surface area contributed by atoms with Gasteiger partial charge in [0.1, 0.15) is 22.7 Å². The van der Waals surface area contributed by atoms with Crippen LogP contribution in [0.3, 0.4) is 0 Å². The molecule has 32 heavy (non-hydrogen) atoms. The molecule has 6 nitrogen and oxygen atoms in total. The maximum atomic E-state index is 12.4. The van der Waals surface area contributed by atoms with Crippen LogP contribution in [0.5, 0.6) is 5.75 Å². The Morgan fingerprint density at radius 3 is 2.59 bits per heavy atom. The largest absolute Gasteiger partial charge is 0.616 e.